The summed E-state index contributed by atoms with van der Waals surface area (Å²) in [5.74, 6) is 0.421. The fraction of sp³-hybridized carbons (Fsp3) is 0.667. The van der Waals surface area contributed by atoms with E-state index in [1.54, 1.807) is 0 Å². The van der Waals surface area contributed by atoms with Crippen LogP contribution in [-0.2, 0) is 4.74 Å². The van der Waals surface area contributed by atoms with Crippen LogP contribution in [0.15, 0.2) is 18.3 Å². The van der Waals surface area contributed by atoms with Gasteiger partial charge in [0, 0.05) is 36.7 Å². The summed E-state index contributed by atoms with van der Waals surface area (Å²) in [5, 5.41) is 2.99. The van der Waals surface area contributed by atoms with Crippen LogP contribution in [0, 0.1) is 12.8 Å². The van der Waals surface area contributed by atoms with E-state index in [-0.39, 0.29) is 12.1 Å². The minimum atomic E-state index is -0.461. The number of ether oxygens (including phenoxy) is 1. The summed E-state index contributed by atoms with van der Waals surface area (Å²) < 4.78 is 5.35. The summed E-state index contributed by atoms with van der Waals surface area (Å²) in [5.41, 5.74) is 1.79. The van der Waals surface area contributed by atoms with Crippen LogP contribution in [0.25, 0.3) is 0 Å². The van der Waals surface area contributed by atoms with Crippen molar-refractivity contribution in [2.24, 2.45) is 5.92 Å². The van der Waals surface area contributed by atoms with Gasteiger partial charge in [0.2, 0.25) is 0 Å². The lowest BCUT2D eigenvalue weighted by Gasteiger charge is -2.37. The molecule has 0 aromatic carbocycles. The van der Waals surface area contributed by atoms with E-state index in [4.69, 9.17) is 4.74 Å². The Balaban J connectivity index is 1.94. The van der Waals surface area contributed by atoms with E-state index in [1.807, 2.05) is 33.9 Å². The van der Waals surface area contributed by atoms with E-state index < -0.39 is 5.60 Å². The molecule has 0 saturated carbocycles. The molecule has 1 saturated heterocycles. The van der Waals surface area contributed by atoms with Gasteiger partial charge in [-0.3, -0.25) is 4.98 Å². The fourth-order valence-electron chi connectivity index (χ4n) is 2.99. The summed E-state index contributed by atoms with van der Waals surface area (Å²) in [7, 11) is 0. The van der Waals surface area contributed by atoms with Crippen LogP contribution in [0.3, 0.4) is 0 Å². The third-order valence-corrected chi connectivity index (χ3v) is 4.15. The Labute approximate surface area is 139 Å². The lowest BCUT2D eigenvalue weighted by Crippen LogP contribution is -2.47. The normalized spacial score (nSPS) is 20.0. The summed E-state index contributed by atoms with van der Waals surface area (Å²) in [6.07, 6.45) is 3.78. The number of aryl methyl sites for hydroxylation is 1. The van der Waals surface area contributed by atoms with Gasteiger partial charge < -0.3 is 15.0 Å². The first-order valence-corrected chi connectivity index (χ1v) is 8.42. The summed E-state index contributed by atoms with van der Waals surface area (Å²) in [4.78, 5) is 18.6. The molecule has 0 radical (unpaired) electrons. The highest BCUT2D eigenvalue weighted by atomic mass is 16.6. The quantitative estimate of drug-likeness (QED) is 0.926. The van der Waals surface area contributed by atoms with Gasteiger partial charge in [-0.05, 0) is 65.5 Å². The zero-order valence-electron chi connectivity index (χ0n) is 14.9. The maximum absolute atomic E-state index is 12.0. The summed E-state index contributed by atoms with van der Waals surface area (Å²) >= 11 is 0. The van der Waals surface area contributed by atoms with Gasteiger partial charge in [-0.1, -0.05) is 0 Å². The second kappa shape index (κ2) is 7.20. The molecule has 0 bridgehead atoms. The van der Waals surface area contributed by atoms with E-state index in [1.165, 1.54) is 5.69 Å². The molecule has 1 aliphatic heterocycles. The van der Waals surface area contributed by atoms with E-state index in [9.17, 15) is 4.79 Å². The van der Waals surface area contributed by atoms with Gasteiger partial charge in [-0.25, -0.2) is 4.79 Å². The standard InChI is InChI=1S/C18H29N3O2/c1-13-11-16(8-9-19-13)21-10-6-7-15(12-21)14(2)20-17(22)23-18(3,4)5/h8-9,11,14-15H,6-7,10,12H2,1-5H3,(H,20,22). The lowest BCUT2D eigenvalue weighted by molar-refractivity contribution is 0.0489. The van der Waals surface area contributed by atoms with Crippen LogP contribution in [0.1, 0.15) is 46.2 Å². The van der Waals surface area contributed by atoms with Crippen molar-refractivity contribution >= 4 is 11.8 Å². The molecule has 2 unspecified atom stereocenters. The Morgan fingerprint density at radius 1 is 1.48 bits per heavy atom. The number of pyridine rings is 1. The van der Waals surface area contributed by atoms with Crippen molar-refractivity contribution in [3.05, 3.63) is 24.0 Å². The smallest absolute Gasteiger partial charge is 0.407 e. The monoisotopic (exact) mass is 319 g/mol. The van der Waals surface area contributed by atoms with Crippen molar-refractivity contribution in [2.75, 3.05) is 18.0 Å². The van der Waals surface area contributed by atoms with E-state index in [2.05, 4.69) is 34.3 Å². The van der Waals surface area contributed by atoms with E-state index >= 15 is 0 Å². The molecule has 23 heavy (non-hydrogen) atoms. The maximum Gasteiger partial charge on any atom is 0.407 e. The number of aromatic nitrogens is 1. The minimum Gasteiger partial charge on any atom is -0.444 e. The number of carbonyl (C=O) groups excluding carboxylic acids is 1. The average molecular weight is 319 g/mol. The van der Waals surface area contributed by atoms with Crippen molar-refractivity contribution in [3.63, 3.8) is 0 Å². The van der Waals surface area contributed by atoms with Gasteiger partial charge in [0.25, 0.3) is 0 Å². The molecule has 2 rings (SSSR count). The van der Waals surface area contributed by atoms with Crippen LogP contribution >= 0.6 is 0 Å². The van der Waals surface area contributed by atoms with Gasteiger partial charge in [0.15, 0.2) is 0 Å². The first kappa shape index (κ1) is 17.6. The fourth-order valence-corrected chi connectivity index (χ4v) is 2.99. The molecule has 1 N–H and O–H groups in total. The van der Waals surface area contributed by atoms with Gasteiger partial charge in [0.05, 0.1) is 0 Å². The Morgan fingerprint density at radius 2 is 2.22 bits per heavy atom. The van der Waals surface area contributed by atoms with Crippen LogP contribution in [-0.4, -0.2) is 35.8 Å². The second-order valence-electron chi connectivity index (χ2n) is 7.44. The van der Waals surface area contributed by atoms with Gasteiger partial charge >= 0.3 is 6.09 Å². The van der Waals surface area contributed by atoms with Gasteiger partial charge in [0.1, 0.15) is 5.60 Å². The van der Waals surface area contributed by atoms with Crippen molar-refractivity contribution in [1.29, 1.82) is 0 Å². The number of rotatable bonds is 3. The molecule has 1 amide bonds. The summed E-state index contributed by atoms with van der Waals surface area (Å²) in [6.45, 7) is 11.7. The molecule has 2 heterocycles. The lowest BCUT2D eigenvalue weighted by atomic mass is 9.91. The molecule has 1 aromatic heterocycles. The predicted octanol–water partition coefficient (Wildman–Crippen LogP) is 3.52. The van der Waals surface area contributed by atoms with Gasteiger partial charge in [-0.15, -0.1) is 0 Å². The molecule has 0 aliphatic carbocycles. The first-order valence-electron chi connectivity index (χ1n) is 8.42. The molecule has 5 nitrogen and oxygen atoms in total. The topological polar surface area (TPSA) is 54.5 Å². The van der Waals surface area contributed by atoms with Crippen LogP contribution in [0.5, 0.6) is 0 Å². The van der Waals surface area contributed by atoms with Crippen LogP contribution in [0.4, 0.5) is 10.5 Å². The van der Waals surface area contributed by atoms with Crippen LogP contribution < -0.4 is 10.2 Å². The van der Waals surface area contributed by atoms with Crippen molar-refractivity contribution < 1.29 is 9.53 Å². The van der Waals surface area contributed by atoms with E-state index in [0.29, 0.717) is 5.92 Å². The molecule has 1 aliphatic rings. The highest BCUT2D eigenvalue weighted by Gasteiger charge is 2.27. The van der Waals surface area contributed by atoms with Crippen LogP contribution in [0.2, 0.25) is 0 Å². The highest BCUT2D eigenvalue weighted by Crippen LogP contribution is 2.25. The number of hydrogen-bond acceptors (Lipinski definition) is 4. The van der Waals surface area contributed by atoms with Crippen molar-refractivity contribution in [2.45, 2.75) is 59.1 Å². The number of nitrogens with zero attached hydrogens (tertiary/aromatic N) is 2. The van der Waals surface area contributed by atoms with Crippen molar-refractivity contribution in [3.8, 4) is 0 Å². The molecule has 0 spiro atoms. The maximum atomic E-state index is 12.0. The zero-order valence-corrected chi connectivity index (χ0v) is 14.9. The summed E-state index contributed by atoms with van der Waals surface area (Å²) in [6, 6.07) is 4.27. The Kier molecular flexibility index (Phi) is 5.50. The number of nitrogens with one attached hydrogen (secondary N) is 1. The Morgan fingerprint density at radius 3 is 2.87 bits per heavy atom. The molecular formula is C18H29N3O2. The number of hydrogen-bond donors (Lipinski definition) is 1. The molecule has 5 heteroatoms. The first-order chi connectivity index (χ1) is 10.7. The molecular weight excluding hydrogens is 290 g/mol. The molecule has 1 aromatic rings. The SMILES string of the molecule is Cc1cc(N2CCCC(C(C)NC(=O)OC(C)(C)C)C2)ccn1. The Hall–Kier alpha value is -1.78. The second-order valence-corrected chi connectivity index (χ2v) is 7.44. The van der Waals surface area contributed by atoms with E-state index in [0.717, 1.165) is 31.6 Å². The molecule has 128 valence electrons. The third-order valence-electron chi connectivity index (χ3n) is 4.15. The zero-order chi connectivity index (χ0) is 17.0. The number of alkyl carbamates (subject to hydrolysis) is 1. The number of piperidine rings is 1. The van der Waals surface area contributed by atoms with Gasteiger partial charge in [-0.2, -0.15) is 0 Å². The third kappa shape index (κ3) is 5.41. The van der Waals surface area contributed by atoms with Crippen molar-refractivity contribution in [1.82, 2.24) is 10.3 Å². The molecule has 1 fully saturated rings. The predicted molar refractivity (Wildman–Crippen MR) is 92.7 cm³/mol. The number of carbonyl (C=O) groups is 1. The largest absolute Gasteiger partial charge is 0.444 e. The number of amides is 1. The Bertz CT molecular complexity index is 539. The average Bonchev–Trinajstić information content (AvgIpc) is 2.45. The number of anilines is 1. The molecule has 2 atom stereocenters. The highest BCUT2D eigenvalue weighted by molar-refractivity contribution is 5.68. The minimum absolute atomic E-state index is 0.0931.